The SMILES string of the molecule is O=C(OCc1cc(=O)n2cc(Cl)ccc2n1)c1ccccc1Br. The van der Waals surface area contributed by atoms with Crippen molar-refractivity contribution in [2.75, 3.05) is 0 Å². The Hall–Kier alpha value is -2.18. The lowest BCUT2D eigenvalue weighted by molar-refractivity contribution is 0.0466. The van der Waals surface area contributed by atoms with E-state index in [4.69, 9.17) is 16.3 Å². The van der Waals surface area contributed by atoms with Crippen molar-refractivity contribution in [2.45, 2.75) is 6.61 Å². The van der Waals surface area contributed by atoms with E-state index in [1.54, 1.807) is 36.4 Å². The molecule has 0 fully saturated rings. The summed E-state index contributed by atoms with van der Waals surface area (Å²) in [6.07, 6.45) is 1.49. The highest BCUT2D eigenvalue weighted by Gasteiger charge is 2.12. The van der Waals surface area contributed by atoms with E-state index in [9.17, 15) is 9.59 Å². The van der Waals surface area contributed by atoms with Gasteiger partial charge in [0.25, 0.3) is 5.56 Å². The van der Waals surface area contributed by atoms with Gasteiger partial charge in [0.05, 0.1) is 16.3 Å². The Kier molecular flexibility index (Phi) is 4.45. The Morgan fingerprint density at radius 3 is 2.83 bits per heavy atom. The van der Waals surface area contributed by atoms with Crippen LogP contribution < -0.4 is 5.56 Å². The van der Waals surface area contributed by atoms with Gasteiger partial charge in [-0.2, -0.15) is 0 Å². The van der Waals surface area contributed by atoms with Crippen LogP contribution in [-0.2, 0) is 11.3 Å². The average molecular weight is 394 g/mol. The molecule has 3 rings (SSSR count). The van der Waals surface area contributed by atoms with Crippen molar-refractivity contribution in [3.05, 3.63) is 79.8 Å². The number of hydrogen-bond acceptors (Lipinski definition) is 4. The maximum atomic E-state index is 12.1. The van der Waals surface area contributed by atoms with Crippen LogP contribution in [0, 0.1) is 0 Å². The van der Waals surface area contributed by atoms with E-state index in [1.807, 2.05) is 0 Å². The molecule has 7 heteroatoms. The highest BCUT2D eigenvalue weighted by atomic mass is 79.9. The maximum Gasteiger partial charge on any atom is 0.339 e. The molecule has 5 nitrogen and oxygen atoms in total. The first-order valence-electron chi connectivity index (χ1n) is 6.64. The fraction of sp³-hybridized carbons (Fsp3) is 0.0625. The second-order valence-corrected chi connectivity index (χ2v) is 6.01. The Balaban J connectivity index is 1.82. The first-order valence-corrected chi connectivity index (χ1v) is 7.81. The summed E-state index contributed by atoms with van der Waals surface area (Å²) in [4.78, 5) is 28.4. The monoisotopic (exact) mass is 392 g/mol. The van der Waals surface area contributed by atoms with Gasteiger partial charge in [0.15, 0.2) is 0 Å². The van der Waals surface area contributed by atoms with Gasteiger partial charge in [-0.1, -0.05) is 23.7 Å². The van der Waals surface area contributed by atoms with E-state index < -0.39 is 5.97 Å². The standard InChI is InChI=1S/C16H10BrClN2O3/c17-13-4-2-1-3-12(13)16(22)23-9-11-7-15(21)20-8-10(18)5-6-14(20)19-11/h1-8H,9H2. The molecule has 1 aromatic carbocycles. The van der Waals surface area contributed by atoms with Crippen LogP contribution in [-0.4, -0.2) is 15.4 Å². The summed E-state index contributed by atoms with van der Waals surface area (Å²) in [6.45, 7) is -0.0888. The van der Waals surface area contributed by atoms with Gasteiger partial charge in [-0.25, -0.2) is 9.78 Å². The highest BCUT2D eigenvalue weighted by Crippen LogP contribution is 2.17. The zero-order valence-electron chi connectivity index (χ0n) is 11.7. The minimum absolute atomic E-state index is 0.0888. The van der Waals surface area contributed by atoms with Crippen LogP contribution in [0.4, 0.5) is 0 Å². The molecular weight excluding hydrogens is 384 g/mol. The topological polar surface area (TPSA) is 60.7 Å². The van der Waals surface area contributed by atoms with Crippen LogP contribution in [0.1, 0.15) is 16.1 Å². The quantitative estimate of drug-likeness (QED) is 0.639. The second kappa shape index (κ2) is 6.52. The van der Waals surface area contributed by atoms with Crippen LogP contribution in [0.15, 0.2) is 57.9 Å². The number of fused-ring (bicyclic) bond motifs is 1. The zero-order valence-corrected chi connectivity index (χ0v) is 14.0. The molecule has 0 radical (unpaired) electrons. The number of nitrogens with zero attached hydrogens (tertiary/aromatic N) is 2. The van der Waals surface area contributed by atoms with Crippen molar-refractivity contribution >= 4 is 39.1 Å². The minimum atomic E-state index is -0.490. The van der Waals surface area contributed by atoms with E-state index in [2.05, 4.69) is 20.9 Å². The number of carbonyl (C=O) groups is 1. The summed E-state index contributed by atoms with van der Waals surface area (Å²) >= 11 is 9.15. The molecule has 0 N–H and O–H groups in total. The number of aromatic nitrogens is 2. The van der Waals surface area contributed by atoms with Crippen molar-refractivity contribution in [2.24, 2.45) is 0 Å². The number of benzene rings is 1. The van der Waals surface area contributed by atoms with Gasteiger partial charge in [0, 0.05) is 16.7 Å². The predicted octanol–water partition coefficient (Wildman–Crippen LogP) is 3.47. The summed E-state index contributed by atoms with van der Waals surface area (Å²) in [6, 6.07) is 11.5. The van der Waals surface area contributed by atoms with E-state index in [0.29, 0.717) is 26.4 Å². The van der Waals surface area contributed by atoms with Gasteiger partial charge < -0.3 is 4.74 Å². The molecule has 0 atom stereocenters. The Morgan fingerprint density at radius 1 is 1.26 bits per heavy atom. The lowest BCUT2D eigenvalue weighted by atomic mass is 10.2. The Bertz CT molecular complexity index is 955. The normalized spacial score (nSPS) is 10.7. The van der Waals surface area contributed by atoms with Crippen LogP contribution in [0.25, 0.3) is 5.65 Å². The molecule has 0 aliphatic heterocycles. The molecule has 3 aromatic rings. The van der Waals surface area contributed by atoms with Crippen LogP contribution in [0.2, 0.25) is 5.02 Å². The van der Waals surface area contributed by atoms with Crippen molar-refractivity contribution in [3.63, 3.8) is 0 Å². The lowest BCUT2D eigenvalue weighted by Gasteiger charge is -2.07. The van der Waals surface area contributed by atoms with Crippen molar-refractivity contribution in [1.29, 1.82) is 0 Å². The van der Waals surface area contributed by atoms with E-state index >= 15 is 0 Å². The van der Waals surface area contributed by atoms with Gasteiger partial charge in [-0.3, -0.25) is 9.20 Å². The summed E-state index contributed by atoms with van der Waals surface area (Å²) in [7, 11) is 0. The molecule has 0 saturated carbocycles. The number of hydrogen-bond donors (Lipinski definition) is 0. The van der Waals surface area contributed by atoms with Crippen LogP contribution >= 0.6 is 27.5 Å². The molecule has 0 aliphatic rings. The first kappa shape index (κ1) is 15.7. The molecule has 0 amide bonds. The third kappa shape index (κ3) is 3.43. The van der Waals surface area contributed by atoms with Gasteiger partial charge >= 0.3 is 5.97 Å². The Labute approximate surface area is 144 Å². The van der Waals surface area contributed by atoms with Crippen LogP contribution in [0.3, 0.4) is 0 Å². The Morgan fingerprint density at radius 2 is 2.04 bits per heavy atom. The number of halogens is 2. The zero-order chi connectivity index (χ0) is 16.4. The fourth-order valence-electron chi connectivity index (χ4n) is 2.04. The van der Waals surface area contributed by atoms with E-state index in [1.165, 1.54) is 16.7 Å². The predicted molar refractivity (Wildman–Crippen MR) is 89.7 cm³/mol. The molecule has 2 aromatic heterocycles. The number of pyridine rings is 1. The van der Waals surface area contributed by atoms with Crippen LogP contribution in [0.5, 0.6) is 0 Å². The molecule has 0 unspecified atom stereocenters. The second-order valence-electron chi connectivity index (χ2n) is 4.72. The molecule has 0 saturated heterocycles. The van der Waals surface area contributed by atoms with Crippen molar-refractivity contribution in [1.82, 2.24) is 9.38 Å². The molecule has 0 aliphatic carbocycles. The third-order valence-electron chi connectivity index (χ3n) is 3.12. The van der Waals surface area contributed by atoms with Crippen molar-refractivity contribution in [3.8, 4) is 0 Å². The van der Waals surface area contributed by atoms with Gasteiger partial charge in [0.1, 0.15) is 12.3 Å². The molecule has 23 heavy (non-hydrogen) atoms. The van der Waals surface area contributed by atoms with Gasteiger partial charge in [-0.15, -0.1) is 0 Å². The number of rotatable bonds is 3. The lowest BCUT2D eigenvalue weighted by Crippen LogP contribution is -2.16. The van der Waals surface area contributed by atoms with Crippen molar-refractivity contribution < 1.29 is 9.53 Å². The molecular formula is C16H10BrClN2O3. The van der Waals surface area contributed by atoms with E-state index in [-0.39, 0.29) is 12.2 Å². The van der Waals surface area contributed by atoms with Gasteiger partial charge in [0.2, 0.25) is 0 Å². The maximum absolute atomic E-state index is 12.1. The summed E-state index contributed by atoms with van der Waals surface area (Å²) < 4.78 is 7.20. The third-order valence-corrected chi connectivity index (χ3v) is 4.04. The summed E-state index contributed by atoms with van der Waals surface area (Å²) in [5.41, 5.74) is 0.938. The smallest absolute Gasteiger partial charge is 0.339 e. The average Bonchev–Trinajstić information content (AvgIpc) is 2.54. The molecule has 116 valence electrons. The van der Waals surface area contributed by atoms with Gasteiger partial charge in [-0.05, 0) is 40.2 Å². The molecule has 0 bridgehead atoms. The highest BCUT2D eigenvalue weighted by molar-refractivity contribution is 9.10. The van der Waals surface area contributed by atoms with E-state index in [0.717, 1.165) is 0 Å². The molecule has 0 spiro atoms. The largest absolute Gasteiger partial charge is 0.456 e. The fourth-order valence-corrected chi connectivity index (χ4v) is 2.65. The number of esters is 1. The number of ether oxygens (including phenoxy) is 1. The summed E-state index contributed by atoms with van der Waals surface area (Å²) in [5.74, 6) is -0.490. The summed E-state index contributed by atoms with van der Waals surface area (Å²) in [5, 5.41) is 0.439. The minimum Gasteiger partial charge on any atom is -0.456 e. The molecule has 2 heterocycles. The first-order chi connectivity index (χ1) is 11.0. The number of carbonyl (C=O) groups excluding carboxylic acids is 1.